The van der Waals surface area contributed by atoms with Gasteiger partial charge in [0.05, 0.1) is 6.10 Å². The van der Waals surface area contributed by atoms with Crippen LogP contribution in [-0.2, 0) is 9.53 Å². The van der Waals surface area contributed by atoms with E-state index in [1.54, 1.807) is 0 Å². The molecule has 0 bridgehead atoms. The number of ether oxygens (including phenoxy) is 1. The summed E-state index contributed by atoms with van der Waals surface area (Å²) in [6.07, 6.45) is 6.31. The number of hydrogen-bond donors (Lipinski definition) is 0. The molecule has 0 radical (unpaired) electrons. The number of piperazine rings is 1. The quantitative estimate of drug-likeness (QED) is 0.731. The first-order valence-electron chi connectivity index (χ1n) is 7.67. The van der Waals surface area contributed by atoms with Gasteiger partial charge in [0.25, 0.3) is 0 Å². The van der Waals surface area contributed by atoms with Crippen molar-refractivity contribution in [3.63, 3.8) is 0 Å². The number of carbonyl (C=O) groups is 1. The Morgan fingerprint density at radius 2 is 2.16 bits per heavy atom. The average Bonchev–Trinajstić information content (AvgIpc) is 2.87. The van der Waals surface area contributed by atoms with Gasteiger partial charge in [-0.3, -0.25) is 4.79 Å². The van der Waals surface area contributed by atoms with E-state index >= 15 is 0 Å². The SMILES string of the molecule is CN1CCN(C)C(CC(=O)CCCC2CCCO2)C1. The van der Waals surface area contributed by atoms with E-state index in [0.717, 1.165) is 45.5 Å². The van der Waals surface area contributed by atoms with Gasteiger partial charge in [-0.15, -0.1) is 0 Å². The third-order valence-electron chi connectivity index (χ3n) is 4.45. The minimum absolute atomic E-state index is 0.411. The Balaban J connectivity index is 1.62. The van der Waals surface area contributed by atoms with E-state index in [4.69, 9.17) is 4.74 Å². The summed E-state index contributed by atoms with van der Waals surface area (Å²) < 4.78 is 5.59. The van der Waals surface area contributed by atoms with Crippen LogP contribution in [-0.4, -0.2) is 68.1 Å². The van der Waals surface area contributed by atoms with Gasteiger partial charge >= 0.3 is 0 Å². The van der Waals surface area contributed by atoms with Crippen molar-refractivity contribution >= 4 is 5.78 Å². The van der Waals surface area contributed by atoms with Crippen molar-refractivity contribution in [3.8, 4) is 0 Å². The third-order valence-corrected chi connectivity index (χ3v) is 4.45. The fourth-order valence-corrected chi connectivity index (χ4v) is 3.09. The summed E-state index contributed by atoms with van der Waals surface area (Å²) in [6.45, 7) is 4.12. The summed E-state index contributed by atoms with van der Waals surface area (Å²) in [5.74, 6) is 0.421. The van der Waals surface area contributed by atoms with Crippen LogP contribution in [0.3, 0.4) is 0 Å². The first kappa shape index (κ1) is 14.9. The summed E-state index contributed by atoms with van der Waals surface area (Å²) in [5, 5.41) is 0. The summed E-state index contributed by atoms with van der Waals surface area (Å²) >= 11 is 0. The second-order valence-corrected chi connectivity index (χ2v) is 6.17. The van der Waals surface area contributed by atoms with Crippen molar-refractivity contribution in [3.05, 3.63) is 0 Å². The predicted molar refractivity (Wildman–Crippen MR) is 76.4 cm³/mol. The molecule has 2 atom stereocenters. The molecule has 4 heteroatoms. The molecule has 2 fully saturated rings. The standard InChI is InChI=1S/C15H28N2O2/c1-16-8-9-17(2)13(12-16)11-14(18)5-3-6-15-7-4-10-19-15/h13,15H,3-12H2,1-2H3. The zero-order chi connectivity index (χ0) is 13.7. The van der Waals surface area contributed by atoms with Crippen molar-refractivity contribution in [2.75, 3.05) is 40.3 Å². The summed E-state index contributed by atoms with van der Waals surface area (Å²) in [4.78, 5) is 16.7. The van der Waals surface area contributed by atoms with Crippen LogP contribution in [0.1, 0.15) is 38.5 Å². The number of Topliss-reactive ketones (excluding diaryl/α,β-unsaturated/α-hetero) is 1. The molecule has 0 N–H and O–H groups in total. The van der Waals surface area contributed by atoms with E-state index in [2.05, 4.69) is 23.9 Å². The highest BCUT2D eigenvalue weighted by molar-refractivity contribution is 5.79. The number of carbonyl (C=O) groups excluding carboxylic acids is 1. The molecule has 0 aromatic carbocycles. The van der Waals surface area contributed by atoms with Gasteiger partial charge in [-0.25, -0.2) is 0 Å². The Morgan fingerprint density at radius 1 is 1.32 bits per heavy atom. The third kappa shape index (κ3) is 4.86. The average molecular weight is 268 g/mol. The molecule has 0 aromatic heterocycles. The van der Waals surface area contributed by atoms with Crippen LogP contribution in [0.25, 0.3) is 0 Å². The van der Waals surface area contributed by atoms with E-state index in [1.807, 2.05) is 0 Å². The molecule has 110 valence electrons. The van der Waals surface area contributed by atoms with Crippen molar-refractivity contribution in [1.82, 2.24) is 9.80 Å². The Hall–Kier alpha value is -0.450. The lowest BCUT2D eigenvalue weighted by molar-refractivity contribution is -0.120. The molecule has 0 saturated carbocycles. The van der Waals surface area contributed by atoms with Crippen LogP contribution in [0, 0.1) is 0 Å². The van der Waals surface area contributed by atoms with Gasteiger partial charge in [0.15, 0.2) is 0 Å². The molecule has 2 rings (SSSR count). The summed E-state index contributed by atoms with van der Waals surface area (Å²) in [7, 11) is 4.28. The van der Waals surface area contributed by atoms with Crippen LogP contribution in [0.15, 0.2) is 0 Å². The number of nitrogens with zero attached hydrogens (tertiary/aromatic N) is 2. The zero-order valence-electron chi connectivity index (χ0n) is 12.4. The molecule has 19 heavy (non-hydrogen) atoms. The Labute approximate surface area is 117 Å². The molecule has 0 aliphatic carbocycles. The zero-order valence-corrected chi connectivity index (χ0v) is 12.4. The van der Waals surface area contributed by atoms with E-state index in [-0.39, 0.29) is 0 Å². The van der Waals surface area contributed by atoms with Crippen LogP contribution < -0.4 is 0 Å². The van der Waals surface area contributed by atoms with E-state index < -0.39 is 0 Å². The summed E-state index contributed by atoms with van der Waals surface area (Å²) in [5.41, 5.74) is 0. The lowest BCUT2D eigenvalue weighted by Gasteiger charge is -2.37. The molecule has 2 saturated heterocycles. The Bertz CT molecular complexity index is 290. The number of likely N-dealkylation sites (N-methyl/N-ethyl adjacent to an activating group) is 2. The molecule has 2 unspecified atom stereocenters. The minimum atomic E-state index is 0.411. The molecule has 4 nitrogen and oxygen atoms in total. The maximum atomic E-state index is 12.1. The van der Waals surface area contributed by atoms with E-state index in [0.29, 0.717) is 24.3 Å². The van der Waals surface area contributed by atoms with Crippen LogP contribution >= 0.6 is 0 Å². The van der Waals surface area contributed by atoms with Crippen molar-refractivity contribution in [2.45, 2.75) is 50.7 Å². The van der Waals surface area contributed by atoms with Gasteiger partial charge in [-0.1, -0.05) is 0 Å². The Morgan fingerprint density at radius 3 is 2.89 bits per heavy atom. The van der Waals surface area contributed by atoms with Crippen LogP contribution in [0.2, 0.25) is 0 Å². The van der Waals surface area contributed by atoms with Crippen molar-refractivity contribution in [1.29, 1.82) is 0 Å². The lowest BCUT2D eigenvalue weighted by Crippen LogP contribution is -2.50. The highest BCUT2D eigenvalue weighted by atomic mass is 16.5. The van der Waals surface area contributed by atoms with Gasteiger partial charge in [-0.05, 0) is 39.8 Å². The van der Waals surface area contributed by atoms with Crippen molar-refractivity contribution in [2.24, 2.45) is 0 Å². The molecule has 2 aliphatic rings. The highest BCUT2D eigenvalue weighted by Crippen LogP contribution is 2.18. The van der Waals surface area contributed by atoms with E-state index in [9.17, 15) is 4.79 Å². The maximum absolute atomic E-state index is 12.1. The van der Waals surface area contributed by atoms with Gasteiger partial charge < -0.3 is 14.5 Å². The van der Waals surface area contributed by atoms with Gasteiger partial charge in [0.1, 0.15) is 5.78 Å². The van der Waals surface area contributed by atoms with E-state index in [1.165, 1.54) is 12.8 Å². The summed E-state index contributed by atoms with van der Waals surface area (Å²) in [6, 6.07) is 0.411. The second kappa shape index (κ2) is 7.36. The Kier molecular flexibility index (Phi) is 5.79. The fraction of sp³-hybridized carbons (Fsp3) is 0.933. The molecular weight excluding hydrogens is 240 g/mol. The number of ketones is 1. The minimum Gasteiger partial charge on any atom is -0.378 e. The molecule has 0 amide bonds. The van der Waals surface area contributed by atoms with Gasteiger partial charge in [0.2, 0.25) is 0 Å². The van der Waals surface area contributed by atoms with Crippen LogP contribution in [0.5, 0.6) is 0 Å². The van der Waals surface area contributed by atoms with Crippen molar-refractivity contribution < 1.29 is 9.53 Å². The fourth-order valence-electron chi connectivity index (χ4n) is 3.09. The largest absolute Gasteiger partial charge is 0.378 e. The molecule has 0 aromatic rings. The molecular formula is C15H28N2O2. The molecule has 2 aliphatic heterocycles. The first-order chi connectivity index (χ1) is 9.15. The lowest BCUT2D eigenvalue weighted by atomic mass is 10.0. The molecule has 0 spiro atoms. The van der Waals surface area contributed by atoms with Gasteiger partial charge in [-0.2, -0.15) is 0 Å². The van der Waals surface area contributed by atoms with Crippen LogP contribution in [0.4, 0.5) is 0 Å². The first-order valence-corrected chi connectivity index (χ1v) is 7.67. The normalized spacial score (nSPS) is 29.8. The predicted octanol–water partition coefficient (Wildman–Crippen LogP) is 1.54. The van der Waals surface area contributed by atoms with Gasteiger partial charge in [0, 0.05) is 45.1 Å². The maximum Gasteiger partial charge on any atom is 0.134 e. The monoisotopic (exact) mass is 268 g/mol. The topological polar surface area (TPSA) is 32.8 Å². The smallest absolute Gasteiger partial charge is 0.134 e. The highest BCUT2D eigenvalue weighted by Gasteiger charge is 2.24. The molecule has 2 heterocycles. The number of hydrogen-bond acceptors (Lipinski definition) is 4. The number of rotatable bonds is 6. The second-order valence-electron chi connectivity index (χ2n) is 6.17.